The molecule has 4 rings (SSSR count). The summed E-state index contributed by atoms with van der Waals surface area (Å²) in [6.45, 7) is 1.41. The van der Waals surface area contributed by atoms with E-state index in [0.717, 1.165) is 36.9 Å². The van der Waals surface area contributed by atoms with Gasteiger partial charge in [0, 0.05) is 26.3 Å². The average Bonchev–Trinajstić information content (AvgIpc) is 3.18. The minimum atomic E-state index is -0.302. The normalized spacial score (nSPS) is 16.7. The van der Waals surface area contributed by atoms with Crippen molar-refractivity contribution < 1.29 is 9.59 Å². The molecule has 0 saturated carbocycles. The van der Waals surface area contributed by atoms with Gasteiger partial charge in [-0.05, 0) is 30.4 Å². The maximum Gasteiger partial charge on any atom is 0.254 e. The van der Waals surface area contributed by atoms with E-state index in [1.165, 1.54) is 0 Å². The highest BCUT2D eigenvalue weighted by molar-refractivity contribution is 5.93. The fraction of sp³-hybridized carbons (Fsp3) is 0.320. The molecule has 2 amide bonds. The Hall–Kier alpha value is -3.41. The minimum Gasteiger partial charge on any atom is -0.355 e. The Morgan fingerprint density at radius 1 is 0.968 bits per heavy atom. The summed E-state index contributed by atoms with van der Waals surface area (Å²) in [6.07, 6.45) is 6.06. The van der Waals surface area contributed by atoms with E-state index in [1.54, 1.807) is 19.4 Å². The second-order valence-corrected chi connectivity index (χ2v) is 7.95. The summed E-state index contributed by atoms with van der Waals surface area (Å²) in [7, 11) is 1.62. The highest BCUT2D eigenvalue weighted by atomic mass is 16.2. The molecule has 0 aliphatic carbocycles. The summed E-state index contributed by atoms with van der Waals surface area (Å²) in [5.74, 6) is -0.293. The zero-order valence-electron chi connectivity index (χ0n) is 17.8. The van der Waals surface area contributed by atoms with E-state index in [4.69, 9.17) is 0 Å². The zero-order chi connectivity index (χ0) is 21.6. The van der Waals surface area contributed by atoms with Gasteiger partial charge in [-0.15, -0.1) is 0 Å². The van der Waals surface area contributed by atoms with Crippen LogP contribution < -0.4 is 5.32 Å². The number of carbonyl (C=O) groups excluding carboxylic acids is 2. The van der Waals surface area contributed by atoms with Crippen molar-refractivity contribution in [2.75, 3.05) is 20.1 Å². The molecule has 3 aromatic rings. The van der Waals surface area contributed by atoms with E-state index in [-0.39, 0.29) is 23.8 Å². The predicted octanol–water partition coefficient (Wildman–Crippen LogP) is 3.63. The third-order valence-electron chi connectivity index (χ3n) is 5.99. The first-order valence-electron chi connectivity index (χ1n) is 10.8. The first-order chi connectivity index (χ1) is 15.2. The van der Waals surface area contributed by atoms with Crippen LogP contribution in [0, 0.1) is 0 Å². The van der Waals surface area contributed by atoms with E-state index in [2.05, 4.69) is 10.4 Å². The lowest BCUT2D eigenvalue weighted by atomic mass is 9.90. The summed E-state index contributed by atoms with van der Waals surface area (Å²) in [4.78, 5) is 27.5. The van der Waals surface area contributed by atoms with Crippen molar-refractivity contribution in [1.82, 2.24) is 20.0 Å². The second kappa shape index (κ2) is 9.60. The van der Waals surface area contributed by atoms with Crippen molar-refractivity contribution in [3.05, 3.63) is 89.7 Å². The van der Waals surface area contributed by atoms with Crippen molar-refractivity contribution in [3.63, 3.8) is 0 Å². The van der Waals surface area contributed by atoms with Gasteiger partial charge in [-0.3, -0.25) is 14.3 Å². The SMILES string of the molecule is CNC(=O)c1cnn([C@H]2CCCN(C(=O)C(c3ccccc3)c3ccccc3)CC2)c1. The van der Waals surface area contributed by atoms with Crippen LogP contribution in [-0.2, 0) is 4.79 Å². The number of hydrogen-bond donors (Lipinski definition) is 1. The number of rotatable bonds is 5. The quantitative estimate of drug-likeness (QED) is 0.691. The summed E-state index contributed by atoms with van der Waals surface area (Å²) >= 11 is 0. The topological polar surface area (TPSA) is 67.2 Å². The van der Waals surface area contributed by atoms with Gasteiger partial charge in [-0.1, -0.05) is 60.7 Å². The number of likely N-dealkylation sites (tertiary alicyclic amines) is 1. The number of carbonyl (C=O) groups is 2. The number of hydrogen-bond acceptors (Lipinski definition) is 3. The maximum atomic E-state index is 13.7. The Morgan fingerprint density at radius 2 is 1.61 bits per heavy atom. The van der Waals surface area contributed by atoms with Crippen LogP contribution in [-0.4, -0.2) is 46.6 Å². The molecule has 2 heterocycles. The maximum absolute atomic E-state index is 13.7. The molecule has 6 heteroatoms. The van der Waals surface area contributed by atoms with E-state index < -0.39 is 0 Å². The Bertz CT molecular complexity index is 977. The Morgan fingerprint density at radius 3 is 2.23 bits per heavy atom. The van der Waals surface area contributed by atoms with Gasteiger partial charge < -0.3 is 10.2 Å². The molecule has 160 valence electrons. The largest absolute Gasteiger partial charge is 0.355 e. The van der Waals surface area contributed by atoms with E-state index >= 15 is 0 Å². The fourth-order valence-corrected chi connectivity index (χ4v) is 4.31. The molecule has 0 radical (unpaired) electrons. The molecule has 1 fully saturated rings. The number of nitrogens with one attached hydrogen (secondary N) is 1. The zero-order valence-corrected chi connectivity index (χ0v) is 17.8. The third kappa shape index (κ3) is 4.68. The molecular formula is C25H28N4O2. The van der Waals surface area contributed by atoms with Crippen LogP contribution in [0.25, 0.3) is 0 Å². The Labute approximate surface area is 182 Å². The molecular weight excluding hydrogens is 388 g/mol. The Kier molecular flexibility index (Phi) is 6.46. The van der Waals surface area contributed by atoms with Gasteiger partial charge in [-0.25, -0.2) is 0 Å². The van der Waals surface area contributed by atoms with Crippen LogP contribution in [0.3, 0.4) is 0 Å². The molecule has 0 unspecified atom stereocenters. The molecule has 31 heavy (non-hydrogen) atoms. The van der Waals surface area contributed by atoms with Crippen molar-refractivity contribution in [1.29, 1.82) is 0 Å². The lowest BCUT2D eigenvalue weighted by molar-refractivity contribution is -0.131. The molecule has 2 aromatic carbocycles. The van der Waals surface area contributed by atoms with Gasteiger partial charge in [0.2, 0.25) is 5.91 Å². The molecule has 1 atom stereocenters. The highest BCUT2D eigenvalue weighted by Gasteiger charge is 2.29. The lowest BCUT2D eigenvalue weighted by Crippen LogP contribution is -2.36. The smallest absolute Gasteiger partial charge is 0.254 e. The fourth-order valence-electron chi connectivity index (χ4n) is 4.31. The summed E-state index contributed by atoms with van der Waals surface area (Å²) in [6, 6.07) is 20.2. The number of benzene rings is 2. The van der Waals surface area contributed by atoms with Gasteiger partial charge in [-0.2, -0.15) is 5.10 Å². The van der Waals surface area contributed by atoms with E-state index in [9.17, 15) is 9.59 Å². The van der Waals surface area contributed by atoms with Crippen molar-refractivity contribution in [3.8, 4) is 0 Å². The number of amides is 2. The van der Waals surface area contributed by atoms with Crippen molar-refractivity contribution in [2.24, 2.45) is 0 Å². The van der Waals surface area contributed by atoms with E-state index in [0.29, 0.717) is 12.1 Å². The van der Waals surface area contributed by atoms with Crippen LogP contribution in [0.2, 0.25) is 0 Å². The van der Waals surface area contributed by atoms with E-state index in [1.807, 2.05) is 70.2 Å². The minimum absolute atomic E-state index is 0.134. The van der Waals surface area contributed by atoms with Crippen LogP contribution in [0.5, 0.6) is 0 Å². The Balaban J connectivity index is 1.51. The van der Waals surface area contributed by atoms with Gasteiger partial charge in [0.25, 0.3) is 5.91 Å². The molecule has 0 bridgehead atoms. The standard InChI is InChI=1S/C25H28N4O2/c1-26-24(30)21-17-27-29(18-21)22-13-8-15-28(16-14-22)25(31)23(19-9-4-2-5-10-19)20-11-6-3-7-12-20/h2-7,9-12,17-18,22-23H,8,13-16H2,1H3,(H,26,30)/t22-/m0/s1. The molecule has 1 aliphatic heterocycles. The first-order valence-corrected chi connectivity index (χ1v) is 10.8. The molecule has 1 aromatic heterocycles. The third-order valence-corrected chi connectivity index (χ3v) is 5.99. The number of nitrogens with zero attached hydrogens (tertiary/aromatic N) is 3. The summed E-state index contributed by atoms with van der Waals surface area (Å²) in [5.41, 5.74) is 2.59. The molecule has 1 aliphatic rings. The van der Waals surface area contributed by atoms with Crippen LogP contribution in [0.1, 0.15) is 52.7 Å². The summed E-state index contributed by atoms with van der Waals surface area (Å²) < 4.78 is 1.88. The van der Waals surface area contributed by atoms with Crippen molar-refractivity contribution in [2.45, 2.75) is 31.2 Å². The molecule has 1 saturated heterocycles. The molecule has 6 nitrogen and oxygen atoms in total. The summed E-state index contributed by atoms with van der Waals surface area (Å²) in [5, 5.41) is 7.03. The van der Waals surface area contributed by atoms with Gasteiger partial charge in [0.05, 0.1) is 23.7 Å². The molecule has 0 spiro atoms. The van der Waals surface area contributed by atoms with Crippen LogP contribution >= 0.6 is 0 Å². The number of aromatic nitrogens is 2. The van der Waals surface area contributed by atoms with Crippen LogP contribution in [0.15, 0.2) is 73.1 Å². The lowest BCUT2D eigenvalue weighted by Gasteiger charge is -2.27. The molecule has 1 N–H and O–H groups in total. The van der Waals surface area contributed by atoms with Crippen LogP contribution in [0.4, 0.5) is 0 Å². The van der Waals surface area contributed by atoms with Gasteiger partial charge >= 0.3 is 0 Å². The van der Waals surface area contributed by atoms with Gasteiger partial charge in [0.1, 0.15) is 0 Å². The first kappa shape index (κ1) is 20.8. The highest BCUT2D eigenvalue weighted by Crippen LogP contribution is 2.29. The average molecular weight is 417 g/mol. The van der Waals surface area contributed by atoms with Gasteiger partial charge in [0.15, 0.2) is 0 Å². The van der Waals surface area contributed by atoms with Crippen molar-refractivity contribution >= 4 is 11.8 Å². The second-order valence-electron chi connectivity index (χ2n) is 7.95. The monoisotopic (exact) mass is 416 g/mol. The predicted molar refractivity (Wildman–Crippen MR) is 120 cm³/mol.